The van der Waals surface area contributed by atoms with Gasteiger partial charge in [0.25, 0.3) is 0 Å². The van der Waals surface area contributed by atoms with Crippen LogP contribution < -0.4 is 5.32 Å². The standard InChI is InChI=1S/C8H15ClN2/c1-8-7-10-4-6-11(8)5-2-3-9/h2-3,8,10H,4-7H2,1H3. The van der Waals surface area contributed by atoms with Gasteiger partial charge in [0.1, 0.15) is 0 Å². The quantitative estimate of drug-likeness (QED) is 0.673. The summed E-state index contributed by atoms with van der Waals surface area (Å²) in [7, 11) is 0. The van der Waals surface area contributed by atoms with E-state index < -0.39 is 0 Å². The van der Waals surface area contributed by atoms with E-state index in [1.807, 2.05) is 6.08 Å². The first-order valence-corrected chi connectivity index (χ1v) is 4.48. The smallest absolute Gasteiger partial charge is 0.0196 e. The lowest BCUT2D eigenvalue weighted by molar-refractivity contribution is 0.193. The van der Waals surface area contributed by atoms with Gasteiger partial charge in [0, 0.05) is 37.8 Å². The Morgan fingerprint density at radius 2 is 2.55 bits per heavy atom. The Kier molecular flexibility index (Phi) is 3.91. The average molecular weight is 175 g/mol. The second-order valence-electron chi connectivity index (χ2n) is 2.91. The van der Waals surface area contributed by atoms with Gasteiger partial charge in [0.2, 0.25) is 0 Å². The first-order chi connectivity index (χ1) is 5.34. The van der Waals surface area contributed by atoms with Crippen molar-refractivity contribution in [1.29, 1.82) is 0 Å². The molecule has 1 aliphatic heterocycles. The highest BCUT2D eigenvalue weighted by Crippen LogP contribution is 2.01. The number of hydrogen-bond acceptors (Lipinski definition) is 2. The minimum atomic E-state index is 0.636. The Morgan fingerprint density at radius 1 is 1.73 bits per heavy atom. The molecule has 0 aliphatic carbocycles. The largest absolute Gasteiger partial charge is 0.314 e. The number of rotatable bonds is 2. The van der Waals surface area contributed by atoms with Crippen LogP contribution in [0.2, 0.25) is 0 Å². The highest BCUT2D eigenvalue weighted by atomic mass is 35.5. The van der Waals surface area contributed by atoms with Crippen molar-refractivity contribution in [3.63, 3.8) is 0 Å². The second-order valence-corrected chi connectivity index (χ2v) is 3.16. The van der Waals surface area contributed by atoms with Gasteiger partial charge in [0.05, 0.1) is 0 Å². The van der Waals surface area contributed by atoms with Crippen LogP contribution in [0.15, 0.2) is 11.6 Å². The minimum Gasteiger partial charge on any atom is -0.314 e. The molecule has 11 heavy (non-hydrogen) atoms. The number of piperazine rings is 1. The van der Waals surface area contributed by atoms with E-state index in [1.54, 1.807) is 5.54 Å². The van der Waals surface area contributed by atoms with Gasteiger partial charge in [-0.15, -0.1) is 0 Å². The monoisotopic (exact) mass is 174 g/mol. The van der Waals surface area contributed by atoms with Gasteiger partial charge in [0.15, 0.2) is 0 Å². The van der Waals surface area contributed by atoms with Gasteiger partial charge in [-0.2, -0.15) is 0 Å². The van der Waals surface area contributed by atoms with Crippen LogP contribution >= 0.6 is 11.6 Å². The molecule has 1 heterocycles. The number of hydrogen-bond donors (Lipinski definition) is 1. The summed E-state index contributed by atoms with van der Waals surface area (Å²) in [5.41, 5.74) is 1.59. The van der Waals surface area contributed by atoms with Crippen LogP contribution in [0.3, 0.4) is 0 Å². The van der Waals surface area contributed by atoms with Gasteiger partial charge in [-0.05, 0) is 6.92 Å². The SMILES string of the molecule is CC1CNCCN1CC=CCl. The van der Waals surface area contributed by atoms with Crippen LogP contribution in [0.5, 0.6) is 0 Å². The summed E-state index contributed by atoms with van der Waals surface area (Å²) in [6, 6.07) is 0.636. The highest BCUT2D eigenvalue weighted by Gasteiger charge is 2.15. The Hall–Kier alpha value is -0.0500. The van der Waals surface area contributed by atoms with E-state index in [-0.39, 0.29) is 0 Å². The van der Waals surface area contributed by atoms with E-state index in [2.05, 4.69) is 17.1 Å². The lowest BCUT2D eigenvalue weighted by atomic mass is 10.2. The van der Waals surface area contributed by atoms with Crippen molar-refractivity contribution in [2.75, 3.05) is 26.2 Å². The summed E-state index contributed by atoms with van der Waals surface area (Å²) >= 11 is 5.45. The zero-order valence-corrected chi connectivity index (χ0v) is 7.64. The molecule has 0 bridgehead atoms. The first kappa shape index (κ1) is 9.04. The summed E-state index contributed by atoms with van der Waals surface area (Å²) in [6.07, 6.45) is 1.99. The molecule has 1 unspecified atom stereocenters. The van der Waals surface area contributed by atoms with Crippen molar-refractivity contribution >= 4 is 11.6 Å². The second kappa shape index (κ2) is 4.75. The van der Waals surface area contributed by atoms with Crippen molar-refractivity contribution in [3.8, 4) is 0 Å². The van der Waals surface area contributed by atoms with Crippen LogP contribution in [0.1, 0.15) is 6.92 Å². The van der Waals surface area contributed by atoms with Gasteiger partial charge in [-0.1, -0.05) is 17.7 Å². The Bertz CT molecular complexity index is 136. The summed E-state index contributed by atoms with van der Waals surface area (Å²) in [4.78, 5) is 2.41. The average Bonchev–Trinajstić information content (AvgIpc) is 2.03. The molecule has 0 aromatic carbocycles. The van der Waals surface area contributed by atoms with Crippen molar-refractivity contribution in [2.24, 2.45) is 0 Å². The molecular weight excluding hydrogens is 160 g/mol. The minimum absolute atomic E-state index is 0.636. The zero-order valence-electron chi connectivity index (χ0n) is 6.89. The molecule has 1 rings (SSSR count). The Morgan fingerprint density at radius 3 is 3.18 bits per heavy atom. The summed E-state index contributed by atoms with van der Waals surface area (Å²) in [5, 5.41) is 3.34. The van der Waals surface area contributed by atoms with Crippen molar-refractivity contribution in [1.82, 2.24) is 10.2 Å². The van der Waals surface area contributed by atoms with Crippen molar-refractivity contribution in [3.05, 3.63) is 11.6 Å². The molecule has 64 valence electrons. The summed E-state index contributed by atoms with van der Waals surface area (Å²) in [6.45, 7) is 6.53. The maximum absolute atomic E-state index is 5.45. The Labute approximate surface area is 73.2 Å². The third-order valence-corrected chi connectivity index (χ3v) is 2.25. The first-order valence-electron chi connectivity index (χ1n) is 4.04. The van der Waals surface area contributed by atoms with Crippen molar-refractivity contribution < 1.29 is 0 Å². The highest BCUT2D eigenvalue weighted by molar-refractivity contribution is 6.25. The van der Waals surface area contributed by atoms with Gasteiger partial charge >= 0.3 is 0 Å². The normalized spacial score (nSPS) is 28.0. The van der Waals surface area contributed by atoms with Crippen LogP contribution in [-0.2, 0) is 0 Å². The third kappa shape index (κ3) is 2.81. The van der Waals surface area contributed by atoms with Crippen LogP contribution in [0, 0.1) is 0 Å². The third-order valence-electron chi connectivity index (χ3n) is 2.07. The molecule has 1 atom stereocenters. The number of nitrogens with one attached hydrogen (secondary N) is 1. The fourth-order valence-corrected chi connectivity index (χ4v) is 1.41. The predicted molar refractivity (Wildman–Crippen MR) is 48.9 cm³/mol. The zero-order chi connectivity index (χ0) is 8.10. The topological polar surface area (TPSA) is 15.3 Å². The predicted octanol–water partition coefficient (Wildman–Crippen LogP) is 1.03. The van der Waals surface area contributed by atoms with Crippen LogP contribution in [0.25, 0.3) is 0 Å². The van der Waals surface area contributed by atoms with Gasteiger partial charge < -0.3 is 5.32 Å². The van der Waals surface area contributed by atoms with Gasteiger partial charge in [-0.25, -0.2) is 0 Å². The van der Waals surface area contributed by atoms with E-state index in [9.17, 15) is 0 Å². The Balaban J connectivity index is 2.29. The van der Waals surface area contributed by atoms with E-state index in [1.165, 1.54) is 0 Å². The molecular formula is C8H15ClN2. The molecule has 0 saturated carbocycles. The fourth-order valence-electron chi connectivity index (χ4n) is 1.33. The molecule has 1 fully saturated rings. The fraction of sp³-hybridized carbons (Fsp3) is 0.750. The van der Waals surface area contributed by atoms with Gasteiger partial charge in [-0.3, -0.25) is 4.90 Å². The molecule has 0 aromatic heterocycles. The molecule has 1 N–H and O–H groups in total. The van der Waals surface area contributed by atoms with E-state index in [0.717, 1.165) is 26.2 Å². The molecule has 0 spiro atoms. The summed E-state index contributed by atoms with van der Waals surface area (Å²) in [5.74, 6) is 0. The maximum atomic E-state index is 5.45. The number of halogens is 1. The van der Waals surface area contributed by atoms with Crippen LogP contribution in [0.4, 0.5) is 0 Å². The summed E-state index contributed by atoms with van der Waals surface area (Å²) < 4.78 is 0. The molecule has 3 heteroatoms. The molecule has 0 amide bonds. The lowest BCUT2D eigenvalue weighted by Gasteiger charge is -2.32. The molecule has 2 nitrogen and oxygen atoms in total. The van der Waals surface area contributed by atoms with E-state index in [4.69, 9.17) is 11.6 Å². The van der Waals surface area contributed by atoms with E-state index in [0.29, 0.717) is 6.04 Å². The molecule has 0 radical (unpaired) electrons. The molecule has 1 saturated heterocycles. The lowest BCUT2D eigenvalue weighted by Crippen LogP contribution is -2.49. The van der Waals surface area contributed by atoms with Crippen molar-refractivity contribution in [2.45, 2.75) is 13.0 Å². The number of nitrogens with zero attached hydrogens (tertiary/aromatic N) is 1. The maximum Gasteiger partial charge on any atom is 0.0196 e. The molecule has 0 aromatic rings. The van der Waals surface area contributed by atoms with E-state index >= 15 is 0 Å². The van der Waals surface area contributed by atoms with Crippen LogP contribution in [-0.4, -0.2) is 37.1 Å². The molecule has 1 aliphatic rings.